The molecular formula is C14H15N5O5. The van der Waals surface area contributed by atoms with Crippen LogP contribution in [0, 0.1) is 6.92 Å². The van der Waals surface area contributed by atoms with Crippen LogP contribution >= 0.6 is 0 Å². The van der Waals surface area contributed by atoms with Crippen molar-refractivity contribution in [2.75, 3.05) is 0 Å². The normalized spacial score (nSPS) is 11.1. The van der Waals surface area contributed by atoms with Crippen LogP contribution in [-0.4, -0.2) is 29.8 Å². The molecule has 0 spiro atoms. The van der Waals surface area contributed by atoms with Crippen LogP contribution in [0.2, 0.25) is 0 Å². The van der Waals surface area contributed by atoms with Gasteiger partial charge < -0.3 is 13.8 Å². The number of fused-ring (bicyclic) bond motifs is 1. The van der Waals surface area contributed by atoms with Crippen LogP contribution in [0.25, 0.3) is 11.2 Å². The predicted molar refractivity (Wildman–Crippen MR) is 81.3 cm³/mol. The van der Waals surface area contributed by atoms with Crippen molar-refractivity contribution in [2.24, 2.45) is 14.1 Å². The lowest BCUT2D eigenvalue weighted by Gasteiger charge is -2.06. The second kappa shape index (κ2) is 5.80. The average Bonchev–Trinajstić information content (AvgIpc) is 3.15. The van der Waals surface area contributed by atoms with E-state index in [0.29, 0.717) is 11.5 Å². The monoisotopic (exact) mass is 333 g/mol. The van der Waals surface area contributed by atoms with E-state index in [4.69, 9.17) is 9.26 Å². The minimum absolute atomic E-state index is 0.0285. The second-order valence-corrected chi connectivity index (χ2v) is 5.34. The summed E-state index contributed by atoms with van der Waals surface area (Å²) in [4.78, 5) is 40.1. The average molecular weight is 333 g/mol. The molecule has 0 aliphatic rings. The lowest BCUT2D eigenvalue weighted by Crippen LogP contribution is -2.37. The van der Waals surface area contributed by atoms with Crippen LogP contribution in [0.15, 0.2) is 26.5 Å². The first-order valence-corrected chi connectivity index (χ1v) is 7.07. The Labute approximate surface area is 134 Å². The number of rotatable bonds is 4. The molecule has 0 aromatic carbocycles. The molecule has 0 aliphatic carbocycles. The summed E-state index contributed by atoms with van der Waals surface area (Å²) in [5.74, 6) is 0.0527. The molecule has 3 aromatic rings. The Morgan fingerprint density at radius 3 is 2.71 bits per heavy atom. The van der Waals surface area contributed by atoms with Crippen LogP contribution in [0.3, 0.4) is 0 Å². The van der Waals surface area contributed by atoms with E-state index < -0.39 is 17.2 Å². The van der Waals surface area contributed by atoms with Crippen LogP contribution in [-0.2, 0) is 36.8 Å². The number of esters is 1. The Balaban J connectivity index is 1.84. The summed E-state index contributed by atoms with van der Waals surface area (Å²) in [6.07, 6.45) is 1.33. The summed E-state index contributed by atoms with van der Waals surface area (Å²) in [6, 6.07) is 1.66. The standard InChI is InChI=1S/C14H15N5O5/c1-8-4-9(16-24-8)6-23-10(20)5-19-7-15-12-11(19)13(21)18(3)14(22)17(12)2/h4,7H,5-6H2,1-3H3. The Hall–Kier alpha value is -3.17. The van der Waals surface area contributed by atoms with Gasteiger partial charge in [0, 0.05) is 20.2 Å². The van der Waals surface area contributed by atoms with Crippen molar-refractivity contribution in [3.8, 4) is 0 Å². The van der Waals surface area contributed by atoms with Crippen molar-refractivity contribution in [3.63, 3.8) is 0 Å². The summed E-state index contributed by atoms with van der Waals surface area (Å²) < 4.78 is 13.5. The molecule has 24 heavy (non-hydrogen) atoms. The third-order valence-corrected chi connectivity index (χ3v) is 3.57. The summed E-state index contributed by atoms with van der Waals surface area (Å²) >= 11 is 0. The zero-order valence-electron chi connectivity index (χ0n) is 13.3. The van der Waals surface area contributed by atoms with E-state index in [2.05, 4.69) is 10.1 Å². The number of carbonyl (C=O) groups excluding carboxylic acids is 1. The van der Waals surface area contributed by atoms with E-state index in [-0.39, 0.29) is 24.3 Å². The number of ether oxygens (including phenoxy) is 1. The van der Waals surface area contributed by atoms with Gasteiger partial charge in [-0.05, 0) is 6.92 Å². The Bertz CT molecular complexity index is 1040. The number of imidazole rings is 1. The van der Waals surface area contributed by atoms with Crippen LogP contribution in [0.5, 0.6) is 0 Å². The Morgan fingerprint density at radius 1 is 1.29 bits per heavy atom. The minimum Gasteiger partial charge on any atom is -0.458 e. The quantitative estimate of drug-likeness (QED) is 0.590. The van der Waals surface area contributed by atoms with E-state index in [1.807, 2.05) is 0 Å². The molecule has 0 saturated carbocycles. The topological polar surface area (TPSA) is 114 Å². The van der Waals surface area contributed by atoms with Gasteiger partial charge in [0.15, 0.2) is 11.2 Å². The molecule has 0 fully saturated rings. The fraction of sp³-hybridized carbons (Fsp3) is 0.357. The first-order chi connectivity index (χ1) is 11.4. The van der Waals surface area contributed by atoms with E-state index in [9.17, 15) is 14.4 Å². The molecule has 3 aromatic heterocycles. The van der Waals surface area contributed by atoms with Gasteiger partial charge in [0.2, 0.25) is 0 Å². The smallest absolute Gasteiger partial charge is 0.332 e. The molecule has 126 valence electrons. The maximum Gasteiger partial charge on any atom is 0.332 e. The van der Waals surface area contributed by atoms with Crippen LogP contribution < -0.4 is 11.2 Å². The molecule has 0 radical (unpaired) electrons. The summed E-state index contributed by atoms with van der Waals surface area (Å²) in [7, 11) is 2.87. The summed E-state index contributed by atoms with van der Waals surface area (Å²) in [5, 5.41) is 3.72. The molecular weight excluding hydrogens is 318 g/mol. The van der Waals surface area contributed by atoms with Crippen molar-refractivity contribution in [1.29, 1.82) is 0 Å². The van der Waals surface area contributed by atoms with Crippen LogP contribution in [0.1, 0.15) is 11.5 Å². The first-order valence-electron chi connectivity index (χ1n) is 7.07. The molecule has 0 saturated heterocycles. The van der Waals surface area contributed by atoms with Crippen molar-refractivity contribution in [2.45, 2.75) is 20.1 Å². The zero-order chi connectivity index (χ0) is 17.4. The molecule has 10 heteroatoms. The largest absolute Gasteiger partial charge is 0.458 e. The molecule has 3 heterocycles. The third-order valence-electron chi connectivity index (χ3n) is 3.57. The van der Waals surface area contributed by atoms with Gasteiger partial charge >= 0.3 is 11.7 Å². The van der Waals surface area contributed by atoms with Crippen molar-refractivity contribution < 1.29 is 14.1 Å². The molecule has 0 atom stereocenters. The summed E-state index contributed by atoms with van der Waals surface area (Å²) in [6.45, 7) is 1.50. The number of carbonyl (C=O) groups is 1. The van der Waals surface area contributed by atoms with Gasteiger partial charge in [-0.25, -0.2) is 9.78 Å². The van der Waals surface area contributed by atoms with E-state index in [1.54, 1.807) is 13.0 Å². The fourth-order valence-electron chi connectivity index (χ4n) is 2.34. The lowest BCUT2D eigenvalue weighted by molar-refractivity contribution is -0.145. The van der Waals surface area contributed by atoms with Gasteiger partial charge in [-0.2, -0.15) is 0 Å². The molecule has 0 N–H and O–H groups in total. The fourth-order valence-corrected chi connectivity index (χ4v) is 2.34. The minimum atomic E-state index is -0.564. The Morgan fingerprint density at radius 2 is 2.04 bits per heavy atom. The van der Waals surface area contributed by atoms with Crippen molar-refractivity contribution >= 4 is 17.1 Å². The lowest BCUT2D eigenvalue weighted by atomic mass is 10.4. The highest BCUT2D eigenvalue weighted by Gasteiger charge is 2.16. The molecule has 0 amide bonds. The third kappa shape index (κ3) is 2.62. The van der Waals surface area contributed by atoms with Crippen molar-refractivity contribution in [3.05, 3.63) is 44.7 Å². The van der Waals surface area contributed by atoms with E-state index in [0.717, 1.165) is 4.57 Å². The highest BCUT2D eigenvalue weighted by atomic mass is 16.5. The number of aromatic nitrogens is 5. The number of aryl methyl sites for hydroxylation is 2. The van der Waals surface area contributed by atoms with Gasteiger partial charge in [-0.3, -0.25) is 18.7 Å². The zero-order valence-corrected chi connectivity index (χ0v) is 13.3. The van der Waals surface area contributed by atoms with Gasteiger partial charge in [0.05, 0.1) is 6.33 Å². The molecule has 0 unspecified atom stereocenters. The second-order valence-electron chi connectivity index (χ2n) is 5.34. The van der Waals surface area contributed by atoms with Gasteiger partial charge in [-0.1, -0.05) is 5.16 Å². The molecule has 0 aliphatic heterocycles. The van der Waals surface area contributed by atoms with Gasteiger partial charge in [0.1, 0.15) is 24.6 Å². The summed E-state index contributed by atoms with van der Waals surface area (Å²) in [5.41, 5.74) is -0.140. The van der Waals surface area contributed by atoms with Crippen LogP contribution in [0.4, 0.5) is 0 Å². The van der Waals surface area contributed by atoms with E-state index >= 15 is 0 Å². The highest BCUT2D eigenvalue weighted by Crippen LogP contribution is 2.07. The highest BCUT2D eigenvalue weighted by molar-refractivity contribution is 5.75. The molecule has 10 nitrogen and oxygen atoms in total. The molecule has 0 bridgehead atoms. The SMILES string of the molecule is Cc1cc(COC(=O)Cn2cnc3c2c(=O)n(C)c(=O)n3C)no1. The first kappa shape index (κ1) is 15.7. The maximum absolute atomic E-state index is 12.3. The predicted octanol–water partition coefficient (Wildman–Crippen LogP) is -0.526. The maximum atomic E-state index is 12.3. The number of hydrogen-bond donors (Lipinski definition) is 0. The van der Waals surface area contributed by atoms with Crippen molar-refractivity contribution in [1.82, 2.24) is 23.8 Å². The number of hydrogen-bond acceptors (Lipinski definition) is 7. The Kier molecular flexibility index (Phi) is 3.80. The van der Waals surface area contributed by atoms with Gasteiger partial charge in [-0.15, -0.1) is 0 Å². The number of nitrogens with zero attached hydrogens (tertiary/aromatic N) is 5. The van der Waals surface area contributed by atoms with E-state index in [1.165, 1.54) is 29.6 Å². The van der Waals surface area contributed by atoms with Gasteiger partial charge in [0.25, 0.3) is 5.56 Å². The molecule has 3 rings (SSSR count).